The Bertz CT molecular complexity index is 608. The zero-order valence-electron chi connectivity index (χ0n) is 9.98. The molecule has 0 saturated carbocycles. The molecule has 1 aromatic heterocycles. The van der Waals surface area contributed by atoms with Crippen molar-refractivity contribution in [1.82, 2.24) is 10.3 Å². The molecule has 0 bridgehead atoms. The topological polar surface area (TPSA) is 42.0 Å². The minimum atomic E-state index is -0.0361. The molecule has 0 fully saturated rings. The predicted molar refractivity (Wildman–Crippen MR) is 74.5 cm³/mol. The molecule has 0 radical (unpaired) electrons. The van der Waals surface area contributed by atoms with E-state index in [1.54, 1.807) is 6.20 Å². The number of fused-ring (bicyclic) bond motifs is 1. The largest absolute Gasteiger partial charge is 0.353 e. The van der Waals surface area contributed by atoms with Crippen LogP contribution in [-0.4, -0.2) is 17.4 Å². The highest BCUT2D eigenvalue weighted by molar-refractivity contribution is 6.31. The predicted octanol–water partition coefficient (Wildman–Crippen LogP) is 3.04. The second kappa shape index (κ2) is 5.65. The molecule has 0 aliphatic heterocycles. The Kier molecular flexibility index (Phi) is 3.95. The number of carbonyl (C=O) groups is 1. The molecular formula is C14H13ClN2O. The summed E-state index contributed by atoms with van der Waals surface area (Å²) in [5.41, 5.74) is 1.92. The fraction of sp³-hybridized carbons (Fsp3) is 0.143. The molecule has 4 heteroatoms. The monoisotopic (exact) mass is 260 g/mol. The van der Waals surface area contributed by atoms with Gasteiger partial charge in [0.25, 0.3) is 0 Å². The molecule has 92 valence electrons. The fourth-order valence-electron chi connectivity index (χ4n) is 1.68. The first-order valence-electron chi connectivity index (χ1n) is 5.62. The first kappa shape index (κ1) is 12.6. The highest BCUT2D eigenvalue weighted by atomic mass is 35.5. The van der Waals surface area contributed by atoms with E-state index in [1.807, 2.05) is 36.4 Å². The Balaban J connectivity index is 2.25. The van der Waals surface area contributed by atoms with Crippen LogP contribution in [0.3, 0.4) is 0 Å². The molecule has 1 heterocycles. The van der Waals surface area contributed by atoms with Crippen LogP contribution in [0.15, 0.2) is 36.5 Å². The lowest BCUT2D eigenvalue weighted by atomic mass is 10.1. The number of nitrogens with one attached hydrogen (secondary N) is 1. The van der Waals surface area contributed by atoms with Crippen LogP contribution >= 0.6 is 11.6 Å². The maximum absolute atomic E-state index is 10.7. The van der Waals surface area contributed by atoms with Crippen molar-refractivity contribution in [2.75, 3.05) is 6.54 Å². The highest BCUT2D eigenvalue weighted by Crippen LogP contribution is 2.21. The molecule has 0 aliphatic carbocycles. The van der Waals surface area contributed by atoms with Crippen LogP contribution in [0.1, 0.15) is 12.5 Å². The number of amides is 1. The molecule has 1 aromatic carbocycles. The number of carbonyl (C=O) groups excluding carboxylic acids is 1. The van der Waals surface area contributed by atoms with Gasteiger partial charge in [0.15, 0.2) is 0 Å². The van der Waals surface area contributed by atoms with Gasteiger partial charge in [-0.1, -0.05) is 29.8 Å². The molecule has 2 aromatic rings. The quantitative estimate of drug-likeness (QED) is 0.922. The molecule has 2 rings (SSSR count). The van der Waals surface area contributed by atoms with Gasteiger partial charge in [-0.15, -0.1) is 0 Å². The summed E-state index contributed by atoms with van der Waals surface area (Å²) in [6, 6.07) is 7.56. The van der Waals surface area contributed by atoms with Crippen LogP contribution in [0, 0.1) is 0 Å². The number of hydrogen-bond donors (Lipinski definition) is 1. The lowest BCUT2D eigenvalue weighted by Gasteiger charge is -2.02. The Morgan fingerprint density at radius 2 is 2.28 bits per heavy atom. The summed E-state index contributed by atoms with van der Waals surface area (Å²) in [4.78, 5) is 15.0. The van der Waals surface area contributed by atoms with Gasteiger partial charge in [0.2, 0.25) is 5.91 Å². The summed E-state index contributed by atoms with van der Waals surface area (Å²) in [6.45, 7) is 2.02. The van der Waals surface area contributed by atoms with E-state index in [1.165, 1.54) is 6.92 Å². The Morgan fingerprint density at radius 1 is 1.44 bits per heavy atom. The molecule has 1 amide bonds. The van der Waals surface area contributed by atoms with Crippen LogP contribution in [-0.2, 0) is 4.79 Å². The minimum absolute atomic E-state index is 0.0361. The van der Waals surface area contributed by atoms with Crippen molar-refractivity contribution < 1.29 is 4.79 Å². The van der Waals surface area contributed by atoms with Gasteiger partial charge in [-0.25, -0.2) is 0 Å². The van der Waals surface area contributed by atoms with E-state index >= 15 is 0 Å². The second-order valence-electron chi connectivity index (χ2n) is 3.90. The Labute approximate surface area is 110 Å². The first-order chi connectivity index (χ1) is 8.66. The maximum Gasteiger partial charge on any atom is 0.217 e. The van der Waals surface area contributed by atoms with E-state index in [-0.39, 0.29) is 5.91 Å². The standard InChI is InChI=1S/C14H13ClN2O/c1-10(18)16-7-2-3-11-6-8-17-14-9-12(15)4-5-13(11)14/h2-6,8-9H,7H2,1H3,(H,16,18). The number of pyridine rings is 1. The van der Waals surface area contributed by atoms with E-state index in [9.17, 15) is 4.79 Å². The van der Waals surface area contributed by atoms with E-state index in [0.717, 1.165) is 16.5 Å². The van der Waals surface area contributed by atoms with Crippen LogP contribution in [0.2, 0.25) is 5.02 Å². The van der Waals surface area contributed by atoms with Gasteiger partial charge in [0.05, 0.1) is 5.52 Å². The zero-order valence-corrected chi connectivity index (χ0v) is 10.7. The van der Waals surface area contributed by atoms with E-state index in [0.29, 0.717) is 11.6 Å². The Morgan fingerprint density at radius 3 is 3.06 bits per heavy atom. The molecule has 0 saturated heterocycles. The summed E-state index contributed by atoms with van der Waals surface area (Å²) in [7, 11) is 0. The molecule has 0 spiro atoms. The van der Waals surface area contributed by atoms with Gasteiger partial charge in [-0.3, -0.25) is 9.78 Å². The summed E-state index contributed by atoms with van der Waals surface area (Å²) in [5, 5.41) is 4.43. The maximum atomic E-state index is 10.7. The molecule has 3 nitrogen and oxygen atoms in total. The molecule has 18 heavy (non-hydrogen) atoms. The summed E-state index contributed by atoms with van der Waals surface area (Å²) >= 11 is 5.93. The van der Waals surface area contributed by atoms with Gasteiger partial charge >= 0.3 is 0 Å². The average Bonchev–Trinajstić information content (AvgIpc) is 2.34. The zero-order chi connectivity index (χ0) is 13.0. The number of halogens is 1. The van der Waals surface area contributed by atoms with Gasteiger partial charge in [-0.2, -0.15) is 0 Å². The van der Waals surface area contributed by atoms with E-state index in [2.05, 4.69) is 10.3 Å². The summed E-state index contributed by atoms with van der Waals surface area (Å²) < 4.78 is 0. The minimum Gasteiger partial charge on any atom is -0.353 e. The molecule has 0 atom stereocenters. The van der Waals surface area contributed by atoms with E-state index in [4.69, 9.17) is 11.6 Å². The molecule has 0 unspecified atom stereocenters. The normalized spacial score (nSPS) is 11.0. The van der Waals surface area contributed by atoms with Crippen molar-refractivity contribution in [2.24, 2.45) is 0 Å². The third kappa shape index (κ3) is 3.08. The average molecular weight is 261 g/mol. The number of hydrogen-bond acceptors (Lipinski definition) is 2. The lowest BCUT2D eigenvalue weighted by Crippen LogP contribution is -2.19. The lowest BCUT2D eigenvalue weighted by molar-refractivity contribution is -0.118. The summed E-state index contributed by atoms with van der Waals surface area (Å²) in [6.07, 6.45) is 5.62. The molecule has 0 aliphatic rings. The van der Waals surface area contributed by atoms with Gasteiger partial charge in [-0.05, 0) is 23.8 Å². The van der Waals surface area contributed by atoms with Crippen molar-refractivity contribution in [1.29, 1.82) is 0 Å². The van der Waals surface area contributed by atoms with Crippen molar-refractivity contribution >= 4 is 34.5 Å². The smallest absolute Gasteiger partial charge is 0.217 e. The van der Waals surface area contributed by atoms with Crippen LogP contribution < -0.4 is 5.32 Å². The van der Waals surface area contributed by atoms with Crippen LogP contribution in [0.5, 0.6) is 0 Å². The second-order valence-corrected chi connectivity index (χ2v) is 4.34. The van der Waals surface area contributed by atoms with Gasteiger partial charge in [0, 0.05) is 30.1 Å². The Hall–Kier alpha value is -1.87. The number of aromatic nitrogens is 1. The van der Waals surface area contributed by atoms with Crippen LogP contribution in [0.25, 0.3) is 17.0 Å². The summed E-state index contributed by atoms with van der Waals surface area (Å²) in [5.74, 6) is -0.0361. The van der Waals surface area contributed by atoms with Gasteiger partial charge in [0.1, 0.15) is 0 Å². The molecule has 1 N–H and O–H groups in total. The number of rotatable bonds is 3. The SMILES string of the molecule is CC(=O)NCC=Cc1ccnc2cc(Cl)ccc12. The van der Waals surface area contributed by atoms with Crippen molar-refractivity contribution in [2.45, 2.75) is 6.92 Å². The third-order valence-corrected chi connectivity index (χ3v) is 2.74. The van der Waals surface area contributed by atoms with E-state index < -0.39 is 0 Å². The first-order valence-corrected chi connectivity index (χ1v) is 6.00. The van der Waals surface area contributed by atoms with Crippen molar-refractivity contribution in [3.8, 4) is 0 Å². The van der Waals surface area contributed by atoms with Crippen LogP contribution in [0.4, 0.5) is 0 Å². The number of nitrogens with zero attached hydrogens (tertiary/aromatic N) is 1. The highest BCUT2D eigenvalue weighted by Gasteiger charge is 1.99. The fourth-order valence-corrected chi connectivity index (χ4v) is 1.84. The number of benzene rings is 1. The van der Waals surface area contributed by atoms with Crippen molar-refractivity contribution in [3.63, 3.8) is 0 Å². The third-order valence-electron chi connectivity index (χ3n) is 2.50. The molecular weight excluding hydrogens is 248 g/mol. The van der Waals surface area contributed by atoms with Crippen molar-refractivity contribution in [3.05, 3.63) is 47.1 Å². The van der Waals surface area contributed by atoms with Gasteiger partial charge < -0.3 is 5.32 Å².